The van der Waals surface area contributed by atoms with Crippen LogP contribution in [-0.4, -0.2) is 18.9 Å². The maximum absolute atomic E-state index is 12.1. The first-order valence-corrected chi connectivity index (χ1v) is 8.12. The molecule has 0 spiro atoms. The number of hydrogen-bond donors (Lipinski definition) is 0. The largest absolute Gasteiger partial charge is 0.489 e. The maximum atomic E-state index is 12.1. The van der Waals surface area contributed by atoms with Crippen LogP contribution < -0.4 is 4.74 Å². The molecule has 0 aliphatic heterocycles. The van der Waals surface area contributed by atoms with Gasteiger partial charge in [0.25, 0.3) is 5.78 Å². The molecule has 5 heteroatoms. The normalized spacial score (nSPS) is 10.3. The number of benzene rings is 2. The van der Waals surface area contributed by atoms with Crippen molar-refractivity contribution in [3.8, 4) is 5.75 Å². The lowest BCUT2D eigenvalue weighted by atomic mass is 10.0. The molecule has 2 aromatic rings. The highest BCUT2D eigenvalue weighted by molar-refractivity contribution is 14.1. The number of halogens is 1. The lowest BCUT2D eigenvalue weighted by molar-refractivity contribution is -0.135. The molecule has 2 aromatic carbocycles. The predicted octanol–water partition coefficient (Wildman–Crippen LogP) is 3.84. The third-order valence-corrected chi connectivity index (χ3v) is 4.45. The van der Waals surface area contributed by atoms with E-state index in [1.165, 1.54) is 7.11 Å². The summed E-state index contributed by atoms with van der Waals surface area (Å²) >= 11 is 2.13. The lowest BCUT2D eigenvalue weighted by Gasteiger charge is -2.13. The van der Waals surface area contributed by atoms with Crippen LogP contribution in [0.4, 0.5) is 0 Å². The van der Waals surface area contributed by atoms with Gasteiger partial charge in [-0.3, -0.25) is 4.79 Å². The first-order valence-electron chi connectivity index (χ1n) is 7.04. The monoisotopic (exact) mass is 424 g/mol. The molecule has 0 N–H and O–H groups in total. The third-order valence-electron chi connectivity index (χ3n) is 3.44. The second-order valence-electron chi connectivity index (χ2n) is 5.14. The summed E-state index contributed by atoms with van der Waals surface area (Å²) in [6, 6.07) is 11.1. The molecule has 0 fully saturated rings. The molecule has 0 aromatic heterocycles. The van der Waals surface area contributed by atoms with Crippen LogP contribution >= 0.6 is 22.6 Å². The number of methoxy groups -OCH3 is 1. The lowest BCUT2D eigenvalue weighted by Crippen LogP contribution is -2.18. The fraction of sp³-hybridized carbons (Fsp3) is 0.222. The van der Waals surface area contributed by atoms with Gasteiger partial charge < -0.3 is 9.47 Å². The zero-order valence-corrected chi connectivity index (χ0v) is 15.3. The molecule has 0 saturated heterocycles. The van der Waals surface area contributed by atoms with E-state index in [2.05, 4.69) is 27.3 Å². The molecule has 0 bridgehead atoms. The summed E-state index contributed by atoms with van der Waals surface area (Å²) in [7, 11) is 1.19. The standard InChI is InChI=1S/C18H17IO4/c1-11-7-8-16(12(2)9-11)23-10-14-13(5-4-6-15(14)19)17(20)18(21)22-3/h4-9H,10H2,1-3H3. The molecule has 0 amide bonds. The molecule has 0 saturated carbocycles. The molecular formula is C18H17IO4. The van der Waals surface area contributed by atoms with E-state index >= 15 is 0 Å². The smallest absolute Gasteiger partial charge is 0.379 e. The number of carbonyl (C=O) groups is 2. The van der Waals surface area contributed by atoms with E-state index in [0.717, 1.165) is 20.4 Å². The number of esters is 1. The van der Waals surface area contributed by atoms with Crippen molar-refractivity contribution in [2.24, 2.45) is 0 Å². The van der Waals surface area contributed by atoms with E-state index in [0.29, 0.717) is 11.1 Å². The Kier molecular flexibility index (Phi) is 5.76. The number of hydrogen-bond acceptors (Lipinski definition) is 4. The van der Waals surface area contributed by atoms with E-state index in [1.54, 1.807) is 12.1 Å². The highest BCUT2D eigenvalue weighted by atomic mass is 127. The Morgan fingerprint density at radius 3 is 2.52 bits per heavy atom. The van der Waals surface area contributed by atoms with Crippen LogP contribution in [0.25, 0.3) is 0 Å². The minimum absolute atomic E-state index is 0.209. The van der Waals surface area contributed by atoms with Gasteiger partial charge in [0, 0.05) is 14.7 Å². The number of carbonyl (C=O) groups excluding carboxylic acids is 2. The average Bonchev–Trinajstić information content (AvgIpc) is 2.53. The number of aryl methyl sites for hydroxylation is 2. The number of rotatable bonds is 5. The molecule has 0 unspecified atom stereocenters. The molecular weight excluding hydrogens is 407 g/mol. The topological polar surface area (TPSA) is 52.6 Å². The Labute approximate surface area is 148 Å². The number of ketones is 1. The quantitative estimate of drug-likeness (QED) is 0.317. The van der Waals surface area contributed by atoms with Crippen molar-refractivity contribution < 1.29 is 19.1 Å². The van der Waals surface area contributed by atoms with Gasteiger partial charge in [0.05, 0.1) is 7.11 Å². The molecule has 0 aliphatic rings. The molecule has 0 atom stereocenters. The van der Waals surface area contributed by atoms with Crippen molar-refractivity contribution in [1.29, 1.82) is 0 Å². The third kappa shape index (κ3) is 4.10. The number of Topliss-reactive ketones (excluding diaryl/α,β-unsaturated/α-hetero) is 1. The van der Waals surface area contributed by atoms with Gasteiger partial charge in [0.1, 0.15) is 12.4 Å². The van der Waals surface area contributed by atoms with Gasteiger partial charge in [-0.15, -0.1) is 0 Å². The van der Waals surface area contributed by atoms with Gasteiger partial charge >= 0.3 is 5.97 Å². The van der Waals surface area contributed by atoms with Crippen molar-refractivity contribution in [2.75, 3.05) is 7.11 Å². The summed E-state index contributed by atoms with van der Waals surface area (Å²) in [5, 5.41) is 0. The first kappa shape index (κ1) is 17.5. The van der Waals surface area contributed by atoms with Crippen LogP contribution in [0.2, 0.25) is 0 Å². The Bertz CT molecular complexity index is 753. The van der Waals surface area contributed by atoms with E-state index in [9.17, 15) is 9.59 Å². The van der Waals surface area contributed by atoms with Gasteiger partial charge in [0.2, 0.25) is 0 Å². The Morgan fingerprint density at radius 2 is 1.87 bits per heavy atom. The Morgan fingerprint density at radius 1 is 1.13 bits per heavy atom. The van der Waals surface area contributed by atoms with Crippen LogP contribution in [0.1, 0.15) is 27.0 Å². The van der Waals surface area contributed by atoms with E-state index in [-0.39, 0.29) is 6.61 Å². The van der Waals surface area contributed by atoms with Crippen LogP contribution in [0.5, 0.6) is 5.75 Å². The minimum atomic E-state index is -0.875. The SMILES string of the molecule is COC(=O)C(=O)c1cccc(I)c1COc1ccc(C)cc1C. The summed E-state index contributed by atoms with van der Waals surface area (Å²) in [4.78, 5) is 23.7. The number of ether oxygens (including phenoxy) is 2. The van der Waals surface area contributed by atoms with Crippen LogP contribution in [0.3, 0.4) is 0 Å². The minimum Gasteiger partial charge on any atom is -0.489 e. The first-order chi connectivity index (χ1) is 10.9. The second kappa shape index (κ2) is 7.59. The Balaban J connectivity index is 2.29. The maximum Gasteiger partial charge on any atom is 0.379 e. The van der Waals surface area contributed by atoms with Crippen molar-refractivity contribution in [3.05, 3.63) is 62.2 Å². The molecule has 23 heavy (non-hydrogen) atoms. The van der Waals surface area contributed by atoms with Crippen LogP contribution in [0.15, 0.2) is 36.4 Å². The van der Waals surface area contributed by atoms with Crippen LogP contribution in [0, 0.1) is 17.4 Å². The summed E-state index contributed by atoms with van der Waals surface area (Å²) in [6.07, 6.45) is 0. The van der Waals surface area contributed by atoms with Crippen molar-refractivity contribution in [3.63, 3.8) is 0 Å². The van der Waals surface area contributed by atoms with Gasteiger partial charge in [-0.2, -0.15) is 0 Å². The van der Waals surface area contributed by atoms with E-state index in [1.807, 2.05) is 38.1 Å². The molecule has 0 radical (unpaired) electrons. The second-order valence-corrected chi connectivity index (χ2v) is 6.31. The highest BCUT2D eigenvalue weighted by Gasteiger charge is 2.21. The molecule has 0 heterocycles. The van der Waals surface area contributed by atoms with Gasteiger partial charge in [-0.1, -0.05) is 29.8 Å². The Hall–Kier alpha value is -1.89. The fourth-order valence-corrected chi connectivity index (χ4v) is 2.89. The van der Waals surface area contributed by atoms with Gasteiger partial charge in [-0.25, -0.2) is 4.79 Å². The van der Waals surface area contributed by atoms with Crippen molar-refractivity contribution >= 4 is 34.3 Å². The van der Waals surface area contributed by atoms with Crippen molar-refractivity contribution in [1.82, 2.24) is 0 Å². The average molecular weight is 424 g/mol. The van der Waals surface area contributed by atoms with Crippen LogP contribution in [-0.2, 0) is 16.1 Å². The fourth-order valence-electron chi connectivity index (χ4n) is 2.23. The van der Waals surface area contributed by atoms with E-state index < -0.39 is 11.8 Å². The van der Waals surface area contributed by atoms with E-state index in [4.69, 9.17) is 4.74 Å². The molecule has 0 aliphatic carbocycles. The summed E-state index contributed by atoms with van der Waals surface area (Å²) in [5.74, 6) is -0.781. The predicted molar refractivity (Wildman–Crippen MR) is 95.8 cm³/mol. The molecule has 2 rings (SSSR count). The summed E-state index contributed by atoms with van der Waals surface area (Å²) in [6.45, 7) is 4.20. The highest BCUT2D eigenvalue weighted by Crippen LogP contribution is 2.23. The summed E-state index contributed by atoms with van der Waals surface area (Å²) < 4.78 is 11.2. The zero-order chi connectivity index (χ0) is 17.0. The molecule has 120 valence electrons. The molecule has 4 nitrogen and oxygen atoms in total. The van der Waals surface area contributed by atoms with Gasteiger partial charge in [-0.05, 0) is 54.1 Å². The van der Waals surface area contributed by atoms with Crippen molar-refractivity contribution in [2.45, 2.75) is 20.5 Å². The zero-order valence-electron chi connectivity index (χ0n) is 13.2. The summed E-state index contributed by atoms with van der Waals surface area (Å²) in [5.41, 5.74) is 3.18. The van der Waals surface area contributed by atoms with Gasteiger partial charge in [0.15, 0.2) is 0 Å².